The molecule has 0 bridgehead atoms. The smallest absolute Gasteiger partial charge is 0.310 e. The van der Waals surface area contributed by atoms with Crippen LogP contribution in [-0.2, 0) is 28.6 Å². The molecule has 60 heavy (non-hydrogen) atoms. The van der Waals surface area contributed by atoms with Crippen molar-refractivity contribution in [1.82, 2.24) is 0 Å². The second-order valence-electron chi connectivity index (χ2n) is 14.6. The van der Waals surface area contributed by atoms with Crippen molar-refractivity contribution >= 4 is 17.9 Å². The molecule has 0 heterocycles. The standard InChI is InChI=1S/C54H82O6/c1-4-7-10-13-16-19-21-23-25-26-27-28-30-31-33-35-38-41-44-47-53(56)59-50-51(49-58-52(55)46-43-40-37-18-15-12-9-6-3)60-54(57)48-45-42-39-36-34-32-29-24-22-20-17-14-11-8-5-2/h7-8,10-11,16-17,19-20,23-25,27-29,31,33-34,36,38,41-42,45,51H,4-6,9,12-15,18,21-22,26,30,32,35,37,39-40,43-44,46-50H2,1-3H3/b10-7-,11-8-,19-16-,20-17-,25-23-,28-27-,29-24-,33-31-,36-34-,41-38-,45-42-. The van der Waals surface area contributed by atoms with Crippen LogP contribution in [0.15, 0.2) is 134 Å². The summed E-state index contributed by atoms with van der Waals surface area (Å²) >= 11 is 0. The Balaban J connectivity index is 4.60. The molecule has 0 aliphatic heterocycles. The van der Waals surface area contributed by atoms with Crippen molar-refractivity contribution in [3.05, 3.63) is 134 Å². The van der Waals surface area contributed by atoms with Gasteiger partial charge in [0.25, 0.3) is 0 Å². The van der Waals surface area contributed by atoms with Gasteiger partial charge in [0, 0.05) is 12.8 Å². The molecule has 0 N–H and O–H groups in total. The van der Waals surface area contributed by atoms with Gasteiger partial charge in [-0.2, -0.15) is 0 Å². The maximum atomic E-state index is 12.7. The maximum absolute atomic E-state index is 12.7. The SMILES string of the molecule is CC/C=C\C/C=C\C/C=C\C/C=C\C/C=C\C/C=C\CCC(=O)OCC(COC(=O)CCCCCCCCCC)OC(=O)C/C=C\C/C=C\C/C=C\C/C=C\C/C=C\CC. The molecule has 0 saturated carbocycles. The van der Waals surface area contributed by atoms with Crippen molar-refractivity contribution < 1.29 is 28.6 Å². The minimum absolute atomic E-state index is 0.0762. The van der Waals surface area contributed by atoms with Crippen LogP contribution in [0, 0.1) is 0 Å². The van der Waals surface area contributed by atoms with Gasteiger partial charge in [0.1, 0.15) is 13.2 Å². The highest BCUT2D eigenvalue weighted by molar-refractivity contribution is 5.72. The first-order chi connectivity index (χ1) is 29.5. The normalized spacial score (nSPS) is 13.3. The summed E-state index contributed by atoms with van der Waals surface area (Å²) < 4.78 is 16.5. The van der Waals surface area contributed by atoms with E-state index in [1.807, 2.05) is 18.2 Å². The molecule has 0 aliphatic rings. The zero-order valence-corrected chi connectivity index (χ0v) is 37.9. The molecule has 0 fully saturated rings. The first kappa shape index (κ1) is 55.5. The largest absolute Gasteiger partial charge is 0.462 e. The number of hydrogen-bond acceptors (Lipinski definition) is 6. The van der Waals surface area contributed by atoms with Crippen LogP contribution in [0.5, 0.6) is 0 Å². The van der Waals surface area contributed by atoms with Crippen molar-refractivity contribution in [2.24, 2.45) is 0 Å². The third-order valence-corrected chi connectivity index (χ3v) is 8.95. The molecule has 6 heteroatoms. The van der Waals surface area contributed by atoms with E-state index in [1.54, 1.807) is 6.08 Å². The van der Waals surface area contributed by atoms with Crippen LogP contribution in [0.4, 0.5) is 0 Å². The average molecular weight is 827 g/mol. The number of rotatable bonds is 39. The van der Waals surface area contributed by atoms with Crippen molar-refractivity contribution in [1.29, 1.82) is 0 Å². The summed E-state index contributed by atoms with van der Waals surface area (Å²) in [5.74, 6) is -1.18. The Morgan fingerprint density at radius 1 is 0.367 bits per heavy atom. The minimum atomic E-state index is -0.863. The lowest BCUT2D eigenvalue weighted by molar-refractivity contribution is -0.166. The molecule has 334 valence electrons. The van der Waals surface area contributed by atoms with Gasteiger partial charge in [0.2, 0.25) is 0 Å². The lowest BCUT2D eigenvalue weighted by atomic mass is 10.1. The van der Waals surface area contributed by atoms with Crippen molar-refractivity contribution in [3.8, 4) is 0 Å². The molecule has 0 amide bonds. The molecule has 0 aromatic heterocycles. The molecule has 6 nitrogen and oxygen atoms in total. The molecule has 0 aromatic rings. The Labute approximate surface area is 366 Å². The van der Waals surface area contributed by atoms with Gasteiger partial charge < -0.3 is 14.2 Å². The lowest BCUT2D eigenvalue weighted by Gasteiger charge is -2.18. The summed E-state index contributed by atoms with van der Waals surface area (Å²) in [5.41, 5.74) is 0. The first-order valence-electron chi connectivity index (χ1n) is 23.2. The molecular weight excluding hydrogens is 745 g/mol. The highest BCUT2D eigenvalue weighted by Gasteiger charge is 2.19. The molecule has 0 spiro atoms. The fraction of sp³-hybridized carbons (Fsp3) is 0.537. The van der Waals surface area contributed by atoms with Gasteiger partial charge in [0.05, 0.1) is 6.42 Å². The van der Waals surface area contributed by atoms with Crippen LogP contribution in [0.3, 0.4) is 0 Å². The molecule has 0 rings (SSSR count). The van der Waals surface area contributed by atoms with Gasteiger partial charge in [-0.25, -0.2) is 0 Å². The molecule has 0 saturated heterocycles. The highest BCUT2D eigenvalue weighted by Crippen LogP contribution is 2.11. The number of hydrogen-bond donors (Lipinski definition) is 0. The third kappa shape index (κ3) is 44.6. The first-order valence-corrected chi connectivity index (χ1v) is 23.2. The quantitative estimate of drug-likeness (QED) is 0.0266. The zero-order valence-electron chi connectivity index (χ0n) is 37.9. The number of esters is 3. The van der Waals surface area contributed by atoms with Gasteiger partial charge in [-0.3, -0.25) is 14.4 Å². The number of allylic oxidation sites excluding steroid dienone is 21. The molecule has 0 radical (unpaired) electrons. The minimum Gasteiger partial charge on any atom is -0.462 e. The topological polar surface area (TPSA) is 78.9 Å². The van der Waals surface area contributed by atoms with E-state index < -0.39 is 18.0 Å². The molecule has 1 atom stereocenters. The van der Waals surface area contributed by atoms with Gasteiger partial charge >= 0.3 is 17.9 Å². The Bertz CT molecular complexity index is 1370. The second-order valence-corrected chi connectivity index (χ2v) is 14.6. The van der Waals surface area contributed by atoms with Crippen LogP contribution >= 0.6 is 0 Å². The van der Waals surface area contributed by atoms with E-state index in [0.29, 0.717) is 19.3 Å². The average Bonchev–Trinajstić information content (AvgIpc) is 3.24. The maximum Gasteiger partial charge on any atom is 0.310 e. The Morgan fingerprint density at radius 2 is 0.700 bits per heavy atom. The Hall–Kier alpha value is -4.45. The molecular formula is C54H82O6. The molecule has 0 aliphatic carbocycles. The van der Waals surface area contributed by atoms with Gasteiger partial charge in [-0.1, -0.05) is 199 Å². The predicted octanol–water partition coefficient (Wildman–Crippen LogP) is 15.1. The van der Waals surface area contributed by atoms with Crippen molar-refractivity contribution in [2.45, 2.75) is 175 Å². The van der Waals surface area contributed by atoms with Crippen LogP contribution in [-0.4, -0.2) is 37.2 Å². The number of ether oxygens (including phenoxy) is 3. The van der Waals surface area contributed by atoms with Crippen LogP contribution in [0.2, 0.25) is 0 Å². The van der Waals surface area contributed by atoms with Crippen LogP contribution < -0.4 is 0 Å². The van der Waals surface area contributed by atoms with E-state index in [2.05, 4.69) is 130 Å². The van der Waals surface area contributed by atoms with Gasteiger partial charge in [-0.15, -0.1) is 0 Å². The van der Waals surface area contributed by atoms with Gasteiger partial charge in [0.15, 0.2) is 6.10 Å². The van der Waals surface area contributed by atoms with Crippen LogP contribution in [0.25, 0.3) is 0 Å². The predicted molar refractivity (Wildman–Crippen MR) is 256 cm³/mol. The van der Waals surface area contributed by atoms with E-state index in [0.717, 1.165) is 83.5 Å². The summed E-state index contributed by atoms with van der Waals surface area (Å²) in [5, 5.41) is 0. The summed E-state index contributed by atoms with van der Waals surface area (Å²) in [4.78, 5) is 37.6. The monoisotopic (exact) mass is 827 g/mol. The van der Waals surface area contributed by atoms with E-state index in [1.165, 1.54) is 32.1 Å². The zero-order chi connectivity index (χ0) is 43.7. The summed E-state index contributed by atoms with van der Waals surface area (Å²) in [7, 11) is 0. The summed E-state index contributed by atoms with van der Waals surface area (Å²) in [6, 6.07) is 0. The van der Waals surface area contributed by atoms with Gasteiger partial charge in [-0.05, 0) is 83.5 Å². The number of unbranched alkanes of at least 4 members (excludes halogenated alkanes) is 7. The van der Waals surface area contributed by atoms with E-state index in [4.69, 9.17) is 14.2 Å². The lowest BCUT2D eigenvalue weighted by Crippen LogP contribution is -2.30. The summed E-state index contributed by atoms with van der Waals surface area (Å²) in [6.45, 7) is 6.19. The fourth-order valence-corrected chi connectivity index (χ4v) is 5.54. The van der Waals surface area contributed by atoms with E-state index in [-0.39, 0.29) is 32.0 Å². The molecule has 0 aromatic carbocycles. The molecule has 1 unspecified atom stereocenters. The number of carbonyl (C=O) groups excluding carboxylic acids is 3. The van der Waals surface area contributed by atoms with Crippen molar-refractivity contribution in [3.63, 3.8) is 0 Å². The second kappa shape index (κ2) is 47.2. The third-order valence-electron chi connectivity index (χ3n) is 8.95. The highest BCUT2D eigenvalue weighted by atomic mass is 16.6. The Morgan fingerprint density at radius 3 is 1.10 bits per heavy atom. The fourth-order valence-electron chi connectivity index (χ4n) is 5.54. The number of carbonyl (C=O) groups is 3. The van der Waals surface area contributed by atoms with E-state index >= 15 is 0 Å². The summed E-state index contributed by atoms with van der Waals surface area (Å²) in [6.07, 6.45) is 66.2. The van der Waals surface area contributed by atoms with E-state index in [9.17, 15) is 14.4 Å². The Kier molecular flexibility index (Phi) is 43.7. The van der Waals surface area contributed by atoms with Crippen molar-refractivity contribution in [2.75, 3.05) is 13.2 Å². The van der Waals surface area contributed by atoms with Crippen LogP contribution in [0.1, 0.15) is 168 Å².